The van der Waals surface area contributed by atoms with E-state index in [4.69, 9.17) is 0 Å². The fourth-order valence-electron chi connectivity index (χ4n) is 1.30. The van der Waals surface area contributed by atoms with Gasteiger partial charge in [-0.05, 0) is 25.9 Å². The zero-order valence-corrected chi connectivity index (χ0v) is 7.02. The fourth-order valence-corrected chi connectivity index (χ4v) is 1.30. The molecule has 0 aromatic rings. The summed E-state index contributed by atoms with van der Waals surface area (Å²) in [7, 11) is 0. The Morgan fingerprint density at radius 1 is 1.55 bits per heavy atom. The lowest BCUT2D eigenvalue weighted by Crippen LogP contribution is -2.42. The third-order valence-electron chi connectivity index (χ3n) is 2.03. The van der Waals surface area contributed by atoms with Crippen molar-refractivity contribution in [2.24, 2.45) is 0 Å². The number of piperidine rings is 1. The minimum absolute atomic E-state index is 0.178. The second-order valence-electron chi connectivity index (χ2n) is 2.95. The van der Waals surface area contributed by atoms with E-state index in [1.807, 2.05) is 6.92 Å². The average Bonchev–Trinajstić information content (AvgIpc) is 2.06. The van der Waals surface area contributed by atoms with Gasteiger partial charge in [-0.1, -0.05) is 6.92 Å². The second-order valence-corrected chi connectivity index (χ2v) is 2.95. The molecule has 0 atom stereocenters. The Morgan fingerprint density at radius 2 is 2.18 bits per heavy atom. The maximum atomic E-state index is 10.9. The van der Waals surface area contributed by atoms with Crippen LogP contribution in [-0.4, -0.2) is 25.0 Å². The SMILES string of the molecule is CCC(=O)NC1CCNCC1. The minimum atomic E-state index is 0.178. The molecule has 1 aliphatic rings. The summed E-state index contributed by atoms with van der Waals surface area (Å²) in [4.78, 5) is 10.9. The van der Waals surface area contributed by atoms with Crippen LogP contribution in [0.3, 0.4) is 0 Å². The van der Waals surface area contributed by atoms with Gasteiger partial charge in [-0.25, -0.2) is 0 Å². The molecule has 0 aromatic heterocycles. The normalized spacial score (nSPS) is 19.7. The van der Waals surface area contributed by atoms with Crippen LogP contribution in [0.2, 0.25) is 0 Å². The van der Waals surface area contributed by atoms with Crippen molar-refractivity contribution in [3.63, 3.8) is 0 Å². The molecule has 0 aliphatic carbocycles. The zero-order chi connectivity index (χ0) is 8.10. The molecule has 2 N–H and O–H groups in total. The predicted octanol–water partition coefficient (Wildman–Crippen LogP) is 0.265. The van der Waals surface area contributed by atoms with E-state index in [0.717, 1.165) is 25.9 Å². The summed E-state index contributed by atoms with van der Waals surface area (Å²) in [5.41, 5.74) is 0. The largest absolute Gasteiger partial charge is 0.353 e. The maximum Gasteiger partial charge on any atom is 0.219 e. The molecule has 0 bridgehead atoms. The number of nitrogens with one attached hydrogen (secondary N) is 2. The Hall–Kier alpha value is -0.570. The zero-order valence-electron chi connectivity index (χ0n) is 7.02. The van der Waals surface area contributed by atoms with E-state index >= 15 is 0 Å². The van der Waals surface area contributed by atoms with Crippen LogP contribution in [-0.2, 0) is 4.79 Å². The van der Waals surface area contributed by atoms with Crippen molar-refractivity contribution < 1.29 is 4.79 Å². The fraction of sp³-hybridized carbons (Fsp3) is 0.875. The lowest BCUT2D eigenvalue weighted by molar-refractivity contribution is -0.121. The number of amides is 1. The quantitative estimate of drug-likeness (QED) is 0.602. The van der Waals surface area contributed by atoms with Gasteiger partial charge in [0.05, 0.1) is 0 Å². The Labute approximate surface area is 67.5 Å². The molecule has 1 amide bonds. The van der Waals surface area contributed by atoms with Crippen molar-refractivity contribution in [1.82, 2.24) is 10.6 Å². The molecule has 1 rings (SSSR count). The molecule has 0 unspecified atom stereocenters. The number of hydrogen-bond donors (Lipinski definition) is 2. The Kier molecular flexibility index (Phi) is 3.36. The lowest BCUT2D eigenvalue weighted by Gasteiger charge is -2.23. The van der Waals surface area contributed by atoms with Gasteiger partial charge in [0.1, 0.15) is 0 Å². The van der Waals surface area contributed by atoms with Crippen LogP contribution in [0.15, 0.2) is 0 Å². The molecule has 3 heteroatoms. The van der Waals surface area contributed by atoms with Crippen molar-refractivity contribution in [2.45, 2.75) is 32.2 Å². The molecule has 0 spiro atoms. The van der Waals surface area contributed by atoms with Gasteiger partial charge in [0, 0.05) is 12.5 Å². The number of rotatable bonds is 2. The van der Waals surface area contributed by atoms with Crippen LogP contribution in [0.25, 0.3) is 0 Å². The molecule has 0 aromatic carbocycles. The molecule has 64 valence electrons. The average molecular weight is 156 g/mol. The number of hydrogen-bond acceptors (Lipinski definition) is 2. The van der Waals surface area contributed by atoms with E-state index in [1.54, 1.807) is 0 Å². The van der Waals surface area contributed by atoms with E-state index in [-0.39, 0.29) is 5.91 Å². The molecule has 1 fully saturated rings. The molecular formula is C8H16N2O. The van der Waals surface area contributed by atoms with Crippen LogP contribution < -0.4 is 10.6 Å². The first-order valence-corrected chi connectivity index (χ1v) is 4.33. The first kappa shape index (κ1) is 8.53. The van der Waals surface area contributed by atoms with Crippen LogP contribution >= 0.6 is 0 Å². The molecule has 1 heterocycles. The van der Waals surface area contributed by atoms with Gasteiger partial charge >= 0.3 is 0 Å². The van der Waals surface area contributed by atoms with Crippen LogP contribution in [0, 0.1) is 0 Å². The monoisotopic (exact) mass is 156 g/mol. The van der Waals surface area contributed by atoms with Gasteiger partial charge in [-0.2, -0.15) is 0 Å². The molecular weight excluding hydrogens is 140 g/mol. The predicted molar refractivity (Wildman–Crippen MR) is 44.3 cm³/mol. The maximum absolute atomic E-state index is 10.9. The van der Waals surface area contributed by atoms with Gasteiger partial charge in [0.2, 0.25) is 5.91 Å². The van der Waals surface area contributed by atoms with Gasteiger partial charge in [0.25, 0.3) is 0 Å². The summed E-state index contributed by atoms with van der Waals surface area (Å²) in [6, 6.07) is 0.420. The smallest absolute Gasteiger partial charge is 0.219 e. The van der Waals surface area contributed by atoms with E-state index in [1.165, 1.54) is 0 Å². The highest BCUT2D eigenvalue weighted by Crippen LogP contribution is 2.01. The first-order chi connectivity index (χ1) is 5.33. The third kappa shape index (κ3) is 2.89. The Bertz CT molecular complexity index is 130. The number of carbonyl (C=O) groups excluding carboxylic acids is 1. The summed E-state index contributed by atoms with van der Waals surface area (Å²) in [6.07, 6.45) is 2.75. The Balaban J connectivity index is 2.19. The van der Waals surface area contributed by atoms with Gasteiger partial charge < -0.3 is 10.6 Å². The van der Waals surface area contributed by atoms with E-state index in [0.29, 0.717) is 12.5 Å². The van der Waals surface area contributed by atoms with Gasteiger partial charge in [-0.3, -0.25) is 4.79 Å². The van der Waals surface area contributed by atoms with Gasteiger partial charge in [0.15, 0.2) is 0 Å². The minimum Gasteiger partial charge on any atom is -0.353 e. The highest BCUT2D eigenvalue weighted by atomic mass is 16.1. The first-order valence-electron chi connectivity index (χ1n) is 4.33. The van der Waals surface area contributed by atoms with Crippen LogP contribution in [0.1, 0.15) is 26.2 Å². The summed E-state index contributed by atoms with van der Waals surface area (Å²) in [5.74, 6) is 0.178. The lowest BCUT2D eigenvalue weighted by atomic mass is 10.1. The highest BCUT2D eigenvalue weighted by molar-refractivity contribution is 5.75. The van der Waals surface area contributed by atoms with Crippen molar-refractivity contribution >= 4 is 5.91 Å². The van der Waals surface area contributed by atoms with Crippen molar-refractivity contribution in [3.8, 4) is 0 Å². The molecule has 0 radical (unpaired) electrons. The van der Waals surface area contributed by atoms with Crippen molar-refractivity contribution in [2.75, 3.05) is 13.1 Å². The summed E-state index contributed by atoms with van der Waals surface area (Å²) < 4.78 is 0. The summed E-state index contributed by atoms with van der Waals surface area (Å²) >= 11 is 0. The highest BCUT2D eigenvalue weighted by Gasteiger charge is 2.13. The molecule has 11 heavy (non-hydrogen) atoms. The Morgan fingerprint density at radius 3 is 2.73 bits per heavy atom. The molecule has 1 saturated heterocycles. The van der Waals surface area contributed by atoms with Crippen LogP contribution in [0.5, 0.6) is 0 Å². The third-order valence-corrected chi connectivity index (χ3v) is 2.03. The van der Waals surface area contributed by atoms with Crippen LogP contribution in [0.4, 0.5) is 0 Å². The van der Waals surface area contributed by atoms with Crippen molar-refractivity contribution in [3.05, 3.63) is 0 Å². The van der Waals surface area contributed by atoms with Crippen molar-refractivity contribution in [1.29, 1.82) is 0 Å². The standard InChI is InChI=1S/C8H16N2O/c1-2-8(11)10-7-3-5-9-6-4-7/h7,9H,2-6H2,1H3,(H,10,11). The van der Waals surface area contributed by atoms with E-state index < -0.39 is 0 Å². The van der Waals surface area contributed by atoms with E-state index in [2.05, 4.69) is 10.6 Å². The van der Waals surface area contributed by atoms with E-state index in [9.17, 15) is 4.79 Å². The molecule has 0 saturated carbocycles. The number of carbonyl (C=O) groups is 1. The summed E-state index contributed by atoms with van der Waals surface area (Å²) in [6.45, 7) is 3.96. The summed E-state index contributed by atoms with van der Waals surface area (Å²) in [5, 5.41) is 6.24. The second kappa shape index (κ2) is 4.34. The molecule has 3 nitrogen and oxygen atoms in total. The van der Waals surface area contributed by atoms with Gasteiger partial charge in [-0.15, -0.1) is 0 Å². The topological polar surface area (TPSA) is 41.1 Å². The molecule has 1 aliphatic heterocycles.